The van der Waals surface area contributed by atoms with Gasteiger partial charge in [0.15, 0.2) is 5.41 Å². The van der Waals surface area contributed by atoms with Crippen molar-refractivity contribution >= 4 is 15.5 Å². The van der Waals surface area contributed by atoms with Crippen molar-refractivity contribution in [1.82, 2.24) is 0 Å². The summed E-state index contributed by atoms with van der Waals surface area (Å²) in [5.41, 5.74) is 1.29. The van der Waals surface area contributed by atoms with Crippen molar-refractivity contribution in [3.63, 3.8) is 0 Å². The van der Waals surface area contributed by atoms with Crippen LogP contribution in [0.4, 0.5) is 0 Å². The fourth-order valence-corrected chi connectivity index (χ4v) is 3.03. The van der Waals surface area contributed by atoms with E-state index >= 15 is 0 Å². The van der Waals surface area contributed by atoms with Crippen molar-refractivity contribution in [3.05, 3.63) is 12.3 Å². The normalized spacial score (nSPS) is 26.9. The van der Waals surface area contributed by atoms with E-state index in [-0.39, 0.29) is 37.0 Å². The maximum absolute atomic E-state index is 10.9. The Morgan fingerprint density at radius 2 is 2.43 bits per heavy atom. The minimum absolute atomic E-state index is 0. The zero-order chi connectivity index (χ0) is 9.73. The Labute approximate surface area is 111 Å². The molecule has 1 rings (SSSR count). The number of hydrogen-bond donors (Lipinski definition) is 0. The van der Waals surface area contributed by atoms with Gasteiger partial charge in [-0.25, -0.2) is 0 Å². The van der Waals surface area contributed by atoms with Gasteiger partial charge >= 0.3 is 35.5 Å². The SMILES string of the molecule is C=C[SiH2]C1(OC(C)=O)CCCCO1.[H-].[Na+]. The van der Waals surface area contributed by atoms with Gasteiger partial charge in [0.1, 0.15) is 9.52 Å². The molecule has 1 heterocycles. The van der Waals surface area contributed by atoms with Crippen molar-refractivity contribution in [3.8, 4) is 0 Å². The molecule has 0 spiro atoms. The predicted octanol–water partition coefficient (Wildman–Crippen LogP) is -2.17. The second-order valence-corrected chi connectivity index (χ2v) is 5.37. The quantitative estimate of drug-likeness (QED) is 0.404. The van der Waals surface area contributed by atoms with E-state index in [9.17, 15) is 4.79 Å². The summed E-state index contributed by atoms with van der Waals surface area (Å²) in [5, 5.41) is 0. The van der Waals surface area contributed by atoms with E-state index < -0.39 is 14.9 Å². The van der Waals surface area contributed by atoms with Crippen LogP contribution in [0.3, 0.4) is 0 Å². The van der Waals surface area contributed by atoms with Gasteiger partial charge in [0.2, 0.25) is 0 Å². The molecule has 0 aromatic rings. The molecule has 0 N–H and O–H groups in total. The van der Waals surface area contributed by atoms with E-state index in [0.29, 0.717) is 6.61 Å². The molecule has 0 aromatic heterocycles. The van der Waals surface area contributed by atoms with Gasteiger partial charge in [-0.1, -0.05) is 0 Å². The molecule has 0 radical (unpaired) electrons. The molecular formula is C9H17NaO3Si. The van der Waals surface area contributed by atoms with Crippen LogP contribution in [0, 0.1) is 0 Å². The van der Waals surface area contributed by atoms with Crippen molar-refractivity contribution in [2.45, 2.75) is 31.6 Å². The Kier molecular flexibility index (Phi) is 6.98. The minimum atomic E-state index is -0.675. The summed E-state index contributed by atoms with van der Waals surface area (Å²) in [6.07, 6.45) is 2.98. The summed E-state index contributed by atoms with van der Waals surface area (Å²) in [4.78, 5) is 10.9. The largest absolute Gasteiger partial charge is 1.00 e. The molecule has 14 heavy (non-hydrogen) atoms. The number of rotatable bonds is 3. The van der Waals surface area contributed by atoms with Crippen LogP contribution in [-0.2, 0) is 14.3 Å². The number of ether oxygens (including phenoxy) is 2. The number of esters is 1. The Morgan fingerprint density at radius 3 is 2.86 bits per heavy atom. The van der Waals surface area contributed by atoms with Crippen molar-refractivity contribution < 1.29 is 45.3 Å². The van der Waals surface area contributed by atoms with E-state index in [1.807, 2.05) is 5.70 Å². The van der Waals surface area contributed by atoms with Gasteiger partial charge in [-0.05, 0) is 12.8 Å². The van der Waals surface area contributed by atoms with E-state index in [2.05, 4.69) is 6.58 Å². The molecule has 3 nitrogen and oxygen atoms in total. The third-order valence-electron chi connectivity index (χ3n) is 2.10. The summed E-state index contributed by atoms with van der Waals surface area (Å²) < 4.78 is 10.8. The van der Waals surface area contributed by atoms with Crippen LogP contribution >= 0.6 is 0 Å². The summed E-state index contributed by atoms with van der Waals surface area (Å²) in [6.45, 7) is 5.83. The zero-order valence-electron chi connectivity index (χ0n) is 10.0. The first-order chi connectivity index (χ1) is 6.18. The van der Waals surface area contributed by atoms with Crippen molar-refractivity contribution in [2.24, 2.45) is 0 Å². The molecule has 5 heteroatoms. The molecular weight excluding hydrogens is 207 g/mol. The average Bonchev–Trinajstić information content (AvgIpc) is 2.04. The van der Waals surface area contributed by atoms with Gasteiger partial charge in [-0.2, -0.15) is 0 Å². The Bertz CT molecular complexity index is 208. The van der Waals surface area contributed by atoms with Crippen LogP contribution in [0.5, 0.6) is 0 Å². The summed E-state index contributed by atoms with van der Waals surface area (Å²) in [5.74, 6) is -0.253. The van der Waals surface area contributed by atoms with Crippen LogP contribution in [0.15, 0.2) is 12.3 Å². The van der Waals surface area contributed by atoms with Crippen molar-refractivity contribution in [2.75, 3.05) is 6.61 Å². The fourth-order valence-electron chi connectivity index (χ4n) is 1.59. The molecule has 1 aliphatic heterocycles. The zero-order valence-corrected chi connectivity index (χ0v) is 12.5. The molecule has 1 unspecified atom stereocenters. The molecule has 1 saturated heterocycles. The van der Waals surface area contributed by atoms with E-state index in [4.69, 9.17) is 9.47 Å². The second-order valence-electron chi connectivity index (χ2n) is 3.30. The molecule has 0 saturated carbocycles. The summed E-state index contributed by atoms with van der Waals surface area (Å²) in [6, 6.07) is 0. The van der Waals surface area contributed by atoms with Gasteiger partial charge in [0.25, 0.3) is 0 Å². The second kappa shape index (κ2) is 6.79. The molecule has 0 aromatic carbocycles. The maximum atomic E-state index is 10.9. The van der Waals surface area contributed by atoms with Crippen LogP contribution in [0.25, 0.3) is 0 Å². The molecule has 1 aliphatic rings. The Balaban J connectivity index is 0. The molecule has 0 amide bonds. The van der Waals surface area contributed by atoms with Crippen molar-refractivity contribution in [1.29, 1.82) is 0 Å². The number of hydrogen-bond acceptors (Lipinski definition) is 3. The van der Waals surface area contributed by atoms with Gasteiger partial charge in [-0.15, -0.1) is 12.3 Å². The average molecular weight is 224 g/mol. The summed E-state index contributed by atoms with van der Waals surface area (Å²) >= 11 is 0. The maximum Gasteiger partial charge on any atom is 1.00 e. The first kappa shape index (κ1) is 14.4. The summed E-state index contributed by atoms with van der Waals surface area (Å²) in [7, 11) is -0.675. The first-order valence-corrected chi connectivity index (χ1v) is 6.15. The molecule has 0 aliphatic carbocycles. The third kappa shape index (κ3) is 4.27. The monoisotopic (exact) mass is 224 g/mol. The molecule has 1 atom stereocenters. The molecule has 76 valence electrons. The Hall–Kier alpha value is 0.387. The van der Waals surface area contributed by atoms with Crippen LogP contribution in [0.2, 0.25) is 0 Å². The number of carbonyl (C=O) groups is 1. The van der Waals surface area contributed by atoms with Gasteiger partial charge in [0, 0.05) is 13.3 Å². The van der Waals surface area contributed by atoms with Gasteiger partial charge in [-0.3, -0.25) is 4.79 Å². The number of carbonyl (C=O) groups excluding carboxylic acids is 1. The standard InChI is InChI=1S/C9H16O3Si.Na.H/c1-3-13-9(12-8(2)10)6-4-5-7-11-9;;/h3H,1,4-7,13H2,2H3;;/q;+1;-1. The topological polar surface area (TPSA) is 35.5 Å². The molecule has 1 fully saturated rings. The van der Waals surface area contributed by atoms with Crippen LogP contribution in [0.1, 0.15) is 27.6 Å². The Morgan fingerprint density at radius 1 is 1.71 bits per heavy atom. The molecule has 0 bridgehead atoms. The van der Waals surface area contributed by atoms with Crippen LogP contribution < -0.4 is 29.6 Å². The van der Waals surface area contributed by atoms with Gasteiger partial charge in [0.05, 0.1) is 6.61 Å². The van der Waals surface area contributed by atoms with E-state index in [1.165, 1.54) is 6.92 Å². The third-order valence-corrected chi connectivity index (χ3v) is 3.71. The van der Waals surface area contributed by atoms with E-state index in [1.54, 1.807) is 0 Å². The van der Waals surface area contributed by atoms with Crippen LogP contribution in [-0.4, -0.2) is 27.5 Å². The van der Waals surface area contributed by atoms with Gasteiger partial charge < -0.3 is 10.9 Å². The minimum Gasteiger partial charge on any atom is -1.00 e. The first-order valence-electron chi connectivity index (χ1n) is 4.63. The predicted molar refractivity (Wildman–Crippen MR) is 54.2 cm³/mol. The van der Waals surface area contributed by atoms with E-state index in [0.717, 1.165) is 19.3 Å². The fraction of sp³-hybridized carbons (Fsp3) is 0.667. The smallest absolute Gasteiger partial charge is 1.00 e.